The molecule has 1 aliphatic rings. The number of sulfonamides is 1. The van der Waals surface area contributed by atoms with Crippen LogP contribution in [0.4, 0.5) is 0 Å². The number of hydrogen-bond donors (Lipinski definition) is 2. The maximum Gasteiger partial charge on any atom is 0.242 e. The predicted octanol–water partition coefficient (Wildman–Crippen LogP) is 2.92. The Balaban J connectivity index is 2.06. The Morgan fingerprint density at radius 3 is 2.67 bits per heavy atom. The zero-order valence-corrected chi connectivity index (χ0v) is 14.1. The van der Waals surface area contributed by atoms with E-state index in [-0.39, 0.29) is 9.92 Å². The van der Waals surface area contributed by atoms with Gasteiger partial charge in [0.2, 0.25) is 10.0 Å². The van der Waals surface area contributed by atoms with E-state index in [4.69, 9.17) is 11.6 Å². The van der Waals surface area contributed by atoms with Crippen LogP contribution in [0.5, 0.6) is 0 Å². The van der Waals surface area contributed by atoms with Crippen LogP contribution in [0.2, 0.25) is 5.02 Å². The van der Waals surface area contributed by atoms with Crippen LogP contribution in [-0.2, 0) is 16.6 Å². The van der Waals surface area contributed by atoms with Crippen molar-refractivity contribution >= 4 is 21.6 Å². The smallest absolute Gasteiger partial charge is 0.242 e. The highest BCUT2D eigenvalue weighted by atomic mass is 35.5. The monoisotopic (exact) mass is 330 g/mol. The van der Waals surface area contributed by atoms with Crippen LogP contribution in [0.3, 0.4) is 0 Å². The lowest BCUT2D eigenvalue weighted by Gasteiger charge is -2.11. The molecule has 0 heterocycles. The second kappa shape index (κ2) is 7.09. The number of hydrogen-bond acceptors (Lipinski definition) is 3. The fraction of sp³-hybridized carbons (Fsp3) is 0.600. The lowest BCUT2D eigenvalue weighted by Crippen LogP contribution is -2.26. The molecule has 0 amide bonds. The van der Waals surface area contributed by atoms with Gasteiger partial charge in [-0.1, -0.05) is 31.5 Å². The Labute approximate surface area is 132 Å². The zero-order valence-electron chi connectivity index (χ0n) is 12.5. The fourth-order valence-electron chi connectivity index (χ4n) is 1.97. The van der Waals surface area contributed by atoms with Crippen molar-refractivity contribution in [2.45, 2.75) is 50.6 Å². The van der Waals surface area contributed by atoms with Gasteiger partial charge in [-0.3, -0.25) is 0 Å². The lowest BCUT2D eigenvalue weighted by molar-refractivity contribution is 0.551. The van der Waals surface area contributed by atoms with Crippen LogP contribution in [0.15, 0.2) is 23.1 Å². The second-order valence-corrected chi connectivity index (χ2v) is 8.14. The van der Waals surface area contributed by atoms with Crippen LogP contribution >= 0.6 is 11.6 Å². The summed E-state index contributed by atoms with van der Waals surface area (Å²) in [5.41, 5.74) is 0.940. The Hall–Kier alpha value is -0.620. The largest absolute Gasteiger partial charge is 0.310 e. The van der Waals surface area contributed by atoms with Gasteiger partial charge in [0.1, 0.15) is 4.90 Å². The second-order valence-electron chi connectivity index (χ2n) is 6.00. The molecule has 0 radical (unpaired) electrons. The Kier molecular flexibility index (Phi) is 5.66. The molecule has 6 heteroatoms. The van der Waals surface area contributed by atoms with Gasteiger partial charge in [0.05, 0.1) is 5.02 Å². The third kappa shape index (κ3) is 5.25. The lowest BCUT2D eigenvalue weighted by atomic mass is 10.1. The molecule has 0 aromatic heterocycles. The minimum Gasteiger partial charge on any atom is -0.310 e. The van der Waals surface area contributed by atoms with Crippen LogP contribution in [-0.4, -0.2) is 21.0 Å². The number of benzene rings is 1. The van der Waals surface area contributed by atoms with Gasteiger partial charge in [-0.05, 0) is 42.9 Å². The van der Waals surface area contributed by atoms with Gasteiger partial charge in [0, 0.05) is 19.1 Å². The van der Waals surface area contributed by atoms with Crippen molar-refractivity contribution in [3.8, 4) is 0 Å². The van der Waals surface area contributed by atoms with Gasteiger partial charge >= 0.3 is 0 Å². The van der Waals surface area contributed by atoms with Crippen molar-refractivity contribution in [2.75, 3.05) is 6.54 Å². The minimum absolute atomic E-state index is 0.169. The third-order valence-corrected chi connectivity index (χ3v) is 5.41. The molecular weight excluding hydrogens is 308 g/mol. The quantitative estimate of drug-likeness (QED) is 0.770. The van der Waals surface area contributed by atoms with Crippen LogP contribution < -0.4 is 10.0 Å². The van der Waals surface area contributed by atoms with Crippen LogP contribution in [0, 0.1) is 5.92 Å². The van der Waals surface area contributed by atoms with Crippen molar-refractivity contribution in [1.29, 1.82) is 0 Å². The summed E-state index contributed by atoms with van der Waals surface area (Å²) in [6.45, 7) is 5.23. The summed E-state index contributed by atoms with van der Waals surface area (Å²) in [7, 11) is -3.54. The molecule has 0 atom stereocenters. The van der Waals surface area contributed by atoms with E-state index in [1.165, 1.54) is 12.8 Å². The van der Waals surface area contributed by atoms with Crippen LogP contribution in [0.1, 0.15) is 38.7 Å². The van der Waals surface area contributed by atoms with Crippen LogP contribution in [0.25, 0.3) is 0 Å². The Morgan fingerprint density at radius 2 is 2.05 bits per heavy atom. The molecule has 0 aliphatic heterocycles. The highest BCUT2D eigenvalue weighted by Crippen LogP contribution is 2.24. The Bertz CT molecular complexity index is 583. The van der Waals surface area contributed by atoms with E-state index in [9.17, 15) is 8.42 Å². The van der Waals surface area contributed by atoms with Gasteiger partial charge in [-0.15, -0.1) is 0 Å². The maximum absolute atomic E-state index is 12.3. The molecular formula is C15H23ClN2O2S. The van der Waals surface area contributed by atoms with E-state index in [0.717, 1.165) is 12.0 Å². The summed E-state index contributed by atoms with van der Waals surface area (Å²) >= 11 is 6.06. The first-order valence-electron chi connectivity index (χ1n) is 7.40. The molecule has 0 bridgehead atoms. The van der Waals surface area contributed by atoms with Crippen molar-refractivity contribution < 1.29 is 8.42 Å². The van der Waals surface area contributed by atoms with Gasteiger partial charge in [-0.25, -0.2) is 13.1 Å². The predicted molar refractivity (Wildman–Crippen MR) is 86.0 cm³/mol. The molecule has 0 saturated heterocycles. The minimum atomic E-state index is -3.54. The van der Waals surface area contributed by atoms with E-state index >= 15 is 0 Å². The molecule has 1 fully saturated rings. The van der Waals surface area contributed by atoms with Crippen molar-refractivity contribution in [3.63, 3.8) is 0 Å². The molecule has 2 N–H and O–H groups in total. The van der Waals surface area contributed by atoms with Crippen molar-refractivity contribution in [3.05, 3.63) is 28.8 Å². The standard InChI is InChI=1S/C15H23ClN2O2S/c1-11(2)7-8-18-21(19,20)15-9-12(3-6-14(15)16)10-17-13-4-5-13/h3,6,9,11,13,17-18H,4-5,7-8,10H2,1-2H3. The summed E-state index contributed by atoms with van der Waals surface area (Å²) in [6, 6.07) is 5.77. The van der Waals surface area contributed by atoms with E-state index in [0.29, 0.717) is 25.0 Å². The first kappa shape index (κ1) is 16.7. The van der Waals surface area contributed by atoms with E-state index < -0.39 is 10.0 Å². The molecule has 1 aromatic carbocycles. The zero-order chi connectivity index (χ0) is 15.5. The van der Waals surface area contributed by atoms with Gasteiger partial charge in [-0.2, -0.15) is 0 Å². The van der Waals surface area contributed by atoms with Crippen molar-refractivity contribution in [1.82, 2.24) is 10.0 Å². The third-order valence-electron chi connectivity index (χ3n) is 3.47. The fourth-order valence-corrected chi connectivity index (χ4v) is 3.57. The van der Waals surface area contributed by atoms with Gasteiger partial charge in [0.15, 0.2) is 0 Å². The van der Waals surface area contributed by atoms with Gasteiger partial charge < -0.3 is 5.32 Å². The number of nitrogens with one attached hydrogen (secondary N) is 2. The van der Waals surface area contributed by atoms with Gasteiger partial charge in [0.25, 0.3) is 0 Å². The first-order valence-corrected chi connectivity index (χ1v) is 9.26. The average Bonchev–Trinajstić information content (AvgIpc) is 3.21. The van der Waals surface area contributed by atoms with Crippen molar-refractivity contribution in [2.24, 2.45) is 5.92 Å². The van der Waals surface area contributed by atoms with E-state index in [2.05, 4.69) is 23.9 Å². The molecule has 1 saturated carbocycles. The molecule has 0 unspecified atom stereocenters. The topological polar surface area (TPSA) is 58.2 Å². The SMILES string of the molecule is CC(C)CCNS(=O)(=O)c1cc(CNC2CC2)ccc1Cl. The highest BCUT2D eigenvalue weighted by Gasteiger charge is 2.21. The number of rotatable bonds is 8. The summed E-state index contributed by atoms with van der Waals surface area (Å²) in [5, 5.41) is 3.64. The molecule has 4 nitrogen and oxygen atoms in total. The summed E-state index contributed by atoms with van der Waals surface area (Å²) in [4.78, 5) is 0.169. The molecule has 1 aliphatic carbocycles. The number of halogens is 1. The summed E-state index contributed by atoms with van der Waals surface area (Å²) < 4.78 is 27.3. The highest BCUT2D eigenvalue weighted by molar-refractivity contribution is 7.89. The maximum atomic E-state index is 12.3. The van der Waals surface area contributed by atoms with E-state index in [1.807, 2.05) is 6.07 Å². The van der Waals surface area contributed by atoms with E-state index in [1.54, 1.807) is 12.1 Å². The molecule has 1 aromatic rings. The molecule has 21 heavy (non-hydrogen) atoms. The normalized spacial score (nSPS) is 15.6. The molecule has 2 rings (SSSR count). The Morgan fingerprint density at radius 1 is 1.33 bits per heavy atom. The average molecular weight is 331 g/mol. The molecule has 0 spiro atoms. The summed E-state index contributed by atoms with van der Waals surface area (Å²) in [6.07, 6.45) is 3.21. The first-order chi connectivity index (χ1) is 9.88. The molecule has 118 valence electrons. The summed E-state index contributed by atoms with van der Waals surface area (Å²) in [5.74, 6) is 0.456.